The summed E-state index contributed by atoms with van der Waals surface area (Å²) in [5, 5.41) is 17.9. The first-order valence-electron chi connectivity index (χ1n) is 9.87. The van der Waals surface area contributed by atoms with Crippen molar-refractivity contribution in [1.82, 2.24) is 20.2 Å². The number of aryl methyl sites for hydroxylation is 2. The minimum absolute atomic E-state index is 0.0963. The van der Waals surface area contributed by atoms with Crippen molar-refractivity contribution in [1.29, 1.82) is 0 Å². The van der Waals surface area contributed by atoms with Crippen LogP contribution in [0.25, 0.3) is 11.0 Å². The third-order valence-corrected chi connectivity index (χ3v) is 5.49. The molecule has 0 bridgehead atoms. The molecule has 3 rings (SSSR count). The summed E-state index contributed by atoms with van der Waals surface area (Å²) in [5.41, 5.74) is 2.94. The number of hydrogen-bond donors (Lipinski definition) is 4. The highest BCUT2D eigenvalue weighted by Gasteiger charge is 2.18. The average Bonchev–Trinajstić information content (AvgIpc) is 3.00. The van der Waals surface area contributed by atoms with Gasteiger partial charge in [0.15, 0.2) is 0 Å². The van der Waals surface area contributed by atoms with Gasteiger partial charge >= 0.3 is 5.97 Å². The predicted octanol–water partition coefficient (Wildman–Crippen LogP) is 1.75. The number of anilines is 1. The van der Waals surface area contributed by atoms with Gasteiger partial charge in [0.05, 0.1) is 23.0 Å². The molecule has 2 heterocycles. The van der Waals surface area contributed by atoms with Gasteiger partial charge in [-0.25, -0.2) is 4.98 Å². The van der Waals surface area contributed by atoms with Crippen LogP contribution in [0, 0.1) is 5.92 Å². The van der Waals surface area contributed by atoms with Gasteiger partial charge < -0.3 is 25.6 Å². The molecular formula is C20H29N5O3. The summed E-state index contributed by atoms with van der Waals surface area (Å²) >= 11 is 0. The fourth-order valence-electron chi connectivity index (χ4n) is 3.79. The lowest BCUT2D eigenvalue weighted by Crippen LogP contribution is -2.28. The van der Waals surface area contributed by atoms with Crippen LogP contribution < -0.4 is 16.0 Å². The summed E-state index contributed by atoms with van der Waals surface area (Å²) in [5.74, 6) is 0.533. The first kappa shape index (κ1) is 20.1. The summed E-state index contributed by atoms with van der Waals surface area (Å²) in [6, 6.07) is 3.72. The maximum atomic E-state index is 12.5. The monoisotopic (exact) mass is 387 g/mol. The number of nitrogens with one attached hydrogen (secondary N) is 3. The number of imidazole rings is 1. The second kappa shape index (κ2) is 9.05. The Balaban J connectivity index is 1.78. The van der Waals surface area contributed by atoms with Crippen molar-refractivity contribution in [3.63, 3.8) is 0 Å². The molecule has 0 spiro atoms. The van der Waals surface area contributed by atoms with Crippen molar-refractivity contribution in [3.8, 4) is 0 Å². The van der Waals surface area contributed by atoms with E-state index in [0.717, 1.165) is 48.7 Å². The zero-order chi connectivity index (χ0) is 20.1. The maximum absolute atomic E-state index is 12.5. The van der Waals surface area contributed by atoms with Crippen LogP contribution in [-0.2, 0) is 18.3 Å². The number of fused-ring (bicyclic) bond motifs is 1. The van der Waals surface area contributed by atoms with E-state index in [0.29, 0.717) is 11.3 Å². The highest BCUT2D eigenvalue weighted by molar-refractivity contribution is 6.03. The lowest BCUT2D eigenvalue weighted by Gasteiger charge is -2.22. The smallest absolute Gasteiger partial charge is 0.305 e. The van der Waals surface area contributed by atoms with Gasteiger partial charge in [-0.15, -0.1) is 0 Å². The minimum Gasteiger partial charge on any atom is -0.481 e. The lowest BCUT2D eigenvalue weighted by molar-refractivity contribution is -0.136. The molecule has 0 saturated carbocycles. The molecule has 0 radical (unpaired) electrons. The first-order valence-corrected chi connectivity index (χ1v) is 9.87. The van der Waals surface area contributed by atoms with Crippen LogP contribution in [0.1, 0.15) is 41.9 Å². The second-order valence-corrected chi connectivity index (χ2v) is 7.36. The zero-order valence-electron chi connectivity index (χ0n) is 16.5. The molecule has 8 heteroatoms. The van der Waals surface area contributed by atoms with Gasteiger partial charge in [0, 0.05) is 32.7 Å². The van der Waals surface area contributed by atoms with Crippen LogP contribution in [0.2, 0.25) is 0 Å². The fourth-order valence-corrected chi connectivity index (χ4v) is 3.79. The molecule has 28 heavy (non-hydrogen) atoms. The third kappa shape index (κ3) is 4.62. The minimum atomic E-state index is -0.937. The summed E-state index contributed by atoms with van der Waals surface area (Å²) < 4.78 is 2.10. The van der Waals surface area contributed by atoms with E-state index in [2.05, 4.69) is 20.5 Å². The lowest BCUT2D eigenvalue weighted by atomic mass is 9.93. The maximum Gasteiger partial charge on any atom is 0.305 e. The van der Waals surface area contributed by atoms with Gasteiger partial charge in [-0.05, 0) is 50.4 Å². The van der Waals surface area contributed by atoms with Crippen molar-refractivity contribution in [2.45, 2.75) is 32.1 Å². The molecule has 8 nitrogen and oxygen atoms in total. The molecule has 1 aliphatic rings. The van der Waals surface area contributed by atoms with Crippen LogP contribution in [-0.4, -0.2) is 53.2 Å². The Morgan fingerprint density at radius 1 is 1.32 bits per heavy atom. The summed E-state index contributed by atoms with van der Waals surface area (Å²) in [6.45, 7) is 2.29. The second-order valence-electron chi connectivity index (χ2n) is 7.36. The van der Waals surface area contributed by atoms with Gasteiger partial charge in [-0.3, -0.25) is 9.59 Å². The molecule has 1 aliphatic heterocycles. The number of benzene rings is 1. The Hall–Kier alpha value is -2.61. The molecule has 1 amide bonds. The van der Waals surface area contributed by atoms with Crippen molar-refractivity contribution in [2.75, 3.05) is 32.0 Å². The number of rotatable bonds is 8. The molecule has 152 valence electrons. The fraction of sp³-hybridized carbons (Fsp3) is 0.550. The number of nitrogens with zero attached hydrogens (tertiary/aromatic N) is 2. The number of carboxylic acid groups (broad SMARTS) is 1. The number of piperidine rings is 1. The Morgan fingerprint density at radius 2 is 2.07 bits per heavy atom. The van der Waals surface area contributed by atoms with E-state index in [4.69, 9.17) is 10.1 Å². The van der Waals surface area contributed by atoms with Crippen molar-refractivity contribution in [3.05, 3.63) is 23.5 Å². The van der Waals surface area contributed by atoms with Crippen molar-refractivity contribution >= 4 is 28.6 Å². The van der Waals surface area contributed by atoms with E-state index in [-0.39, 0.29) is 18.9 Å². The summed E-state index contributed by atoms with van der Waals surface area (Å²) in [7, 11) is 3.78. The van der Waals surface area contributed by atoms with E-state index in [1.54, 1.807) is 13.1 Å². The van der Waals surface area contributed by atoms with E-state index in [1.165, 1.54) is 12.8 Å². The highest BCUT2D eigenvalue weighted by Crippen LogP contribution is 2.26. The first-order chi connectivity index (χ1) is 13.5. The molecule has 2 aromatic rings. The number of carbonyl (C=O) groups excluding carboxylic acids is 1. The van der Waals surface area contributed by atoms with Crippen LogP contribution in [0.5, 0.6) is 0 Å². The third-order valence-electron chi connectivity index (χ3n) is 5.49. The van der Waals surface area contributed by atoms with Gasteiger partial charge in [0.25, 0.3) is 5.91 Å². The van der Waals surface area contributed by atoms with Crippen LogP contribution in [0.4, 0.5) is 5.69 Å². The topological polar surface area (TPSA) is 108 Å². The van der Waals surface area contributed by atoms with E-state index < -0.39 is 5.97 Å². The molecular weight excluding hydrogens is 358 g/mol. The summed E-state index contributed by atoms with van der Waals surface area (Å²) in [6.07, 6.45) is 4.38. The van der Waals surface area contributed by atoms with Crippen LogP contribution >= 0.6 is 0 Å². The number of amides is 1. The Bertz CT molecular complexity index is 855. The molecule has 1 aromatic carbocycles. The normalized spacial score (nSPS) is 14.9. The van der Waals surface area contributed by atoms with Crippen molar-refractivity contribution < 1.29 is 14.7 Å². The van der Waals surface area contributed by atoms with Gasteiger partial charge in [0.1, 0.15) is 5.82 Å². The average molecular weight is 387 g/mol. The molecule has 0 unspecified atom stereocenters. The van der Waals surface area contributed by atoms with Crippen LogP contribution in [0.15, 0.2) is 12.1 Å². The van der Waals surface area contributed by atoms with E-state index in [9.17, 15) is 9.59 Å². The SMILES string of the molecule is CNc1cc2c(cc1C(=O)NCCC(=O)O)nc(CCC1CCNCC1)n2C. The van der Waals surface area contributed by atoms with Gasteiger partial charge in [-0.1, -0.05) is 0 Å². The number of hydrogen-bond acceptors (Lipinski definition) is 5. The molecule has 4 N–H and O–H groups in total. The zero-order valence-corrected chi connectivity index (χ0v) is 16.5. The van der Waals surface area contributed by atoms with E-state index in [1.807, 2.05) is 13.1 Å². The Morgan fingerprint density at radius 3 is 2.75 bits per heavy atom. The predicted molar refractivity (Wildman–Crippen MR) is 109 cm³/mol. The quantitative estimate of drug-likeness (QED) is 0.550. The number of aliphatic carboxylic acids is 1. The van der Waals surface area contributed by atoms with Crippen LogP contribution in [0.3, 0.4) is 0 Å². The summed E-state index contributed by atoms with van der Waals surface area (Å²) in [4.78, 5) is 27.9. The van der Waals surface area contributed by atoms with Crippen molar-refractivity contribution in [2.24, 2.45) is 13.0 Å². The Kier molecular flexibility index (Phi) is 6.51. The van der Waals surface area contributed by atoms with Gasteiger partial charge in [-0.2, -0.15) is 0 Å². The number of carboxylic acids is 1. The molecule has 0 atom stereocenters. The molecule has 1 aromatic heterocycles. The standard InChI is InChI=1S/C20H29N5O3/c1-21-15-12-17-16(11-14(15)20(28)23-10-7-19(26)27)24-18(25(17)2)4-3-13-5-8-22-9-6-13/h11-13,21-22H,3-10H2,1-2H3,(H,23,28)(H,26,27). The Labute approximate surface area is 164 Å². The largest absolute Gasteiger partial charge is 0.481 e. The molecule has 1 fully saturated rings. The molecule has 1 saturated heterocycles. The number of carbonyl (C=O) groups is 2. The van der Waals surface area contributed by atoms with Gasteiger partial charge in [0.2, 0.25) is 0 Å². The molecule has 0 aliphatic carbocycles. The number of aromatic nitrogens is 2. The van der Waals surface area contributed by atoms with E-state index >= 15 is 0 Å². The highest BCUT2D eigenvalue weighted by atomic mass is 16.4.